The number of para-hydroxylation sites is 1. The minimum absolute atomic E-state index is 0.332. The predicted octanol–water partition coefficient (Wildman–Crippen LogP) is 0.492. The third kappa shape index (κ3) is 2.08. The quantitative estimate of drug-likeness (QED) is 0.600. The summed E-state index contributed by atoms with van der Waals surface area (Å²) in [5.74, 6) is 0.479. The second kappa shape index (κ2) is 3.89. The maximum Gasteiger partial charge on any atom is 0.246 e. The maximum atomic E-state index is 5.47. The molecular formula is C9H10N5. The number of benzene rings is 1. The van der Waals surface area contributed by atoms with Crippen molar-refractivity contribution >= 4 is 18.0 Å². The number of anilines is 1. The molecule has 14 heavy (non-hydrogen) atoms. The average Bonchev–Trinajstić information content (AvgIpc) is 2.19. The van der Waals surface area contributed by atoms with E-state index >= 15 is 0 Å². The van der Waals surface area contributed by atoms with E-state index in [0.29, 0.717) is 12.2 Å². The lowest BCUT2D eigenvalue weighted by molar-refractivity contribution is 0.848. The van der Waals surface area contributed by atoms with Gasteiger partial charge in [0.05, 0.1) is 6.34 Å². The van der Waals surface area contributed by atoms with Crippen LogP contribution in [0.3, 0.4) is 0 Å². The number of guanidine groups is 1. The lowest BCUT2D eigenvalue weighted by Crippen LogP contribution is -2.32. The van der Waals surface area contributed by atoms with Crippen LogP contribution in [-0.2, 0) is 0 Å². The van der Waals surface area contributed by atoms with Crippen LogP contribution in [0, 0.1) is 6.29 Å². The van der Waals surface area contributed by atoms with Gasteiger partial charge in [0.25, 0.3) is 0 Å². The van der Waals surface area contributed by atoms with Crippen LogP contribution in [0.1, 0.15) is 0 Å². The van der Waals surface area contributed by atoms with Crippen LogP contribution in [0.2, 0.25) is 0 Å². The summed E-state index contributed by atoms with van der Waals surface area (Å²) in [6.07, 6.45) is 1.83. The van der Waals surface area contributed by atoms with Gasteiger partial charge in [0.15, 0.2) is 0 Å². The number of hydrogen-bond donors (Lipinski definition) is 3. The average molecular weight is 188 g/mol. The van der Waals surface area contributed by atoms with Gasteiger partial charge in [0.1, 0.15) is 0 Å². The highest BCUT2D eigenvalue weighted by Gasteiger charge is 2.06. The Morgan fingerprint density at radius 3 is 2.71 bits per heavy atom. The molecule has 4 N–H and O–H groups in total. The summed E-state index contributed by atoms with van der Waals surface area (Å²) in [6.45, 7) is 0. The first-order chi connectivity index (χ1) is 6.84. The van der Waals surface area contributed by atoms with Crippen LogP contribution in [0.4, 0.5) is 5.69 Å². The second-order valence-corrected chi connectivity index (χ2v) is 2.71. The highest BCUT2D eigenvalue weighted by Crippen LogP contribution is 2.06. The Hall–Kier alpha value is -1.88. The number of nitrogens with zero attached hydrogens (tertiary/aromatic N) is 2. The normalized spacial score (nSPS) is 15.9. The van der Waals surface area contributed by atoms with Crippen molar-refractivity contribution < 1.29 is 0 Å². The summed E-state index contributed by atoms with van der Waals surface area (Å²) in [6, 6.07) is 9.66. The minimum atomic E-state index is 0.332. The van der Waals surface area contributed by atoms with E-state index in [1.807, 2.05) is 30.3 Å². The molecule has 0 saturated heterocycles. The van der Waals surface area contributed by atoms with Crippen LogP contribution >= 0.6 is 0 Å². The first-order valence-corrected chi connectivity index (χ1v) is 4.17. The van der Waals surface area contributed by atoms with Crippen molar-refractivity contribution in [2.24, 2.45) is 15.7 Å². The predicted molar refractivity (Wildman–Crippen MR) is 56.6 cm³/mol. The molecule has 2 rings (SSSR count). The fourth-order valence-electron chi connectivity index (χ4n) is 1.05. The number of rotatable bonds is 1. The molecule has 71 valence electrons. The monoisotopic (exact) mass is 188 g/mol. The van der Waals surface area contributed by atoms with Crippen LogP contribution in [0.25, 0.3) is 0 Å². The van der Waals surface area contributed by atoms with Crippen molar-refractivity contribution in [2.45, 2.75) is 0 Å². The number of nitrogens with two attached hydrogens (primary N) is 1. The first kappa shape index (κ1) is 8.71. The number of nitrogens with one attached hydrogen (secondary N) is 2. The van der Waals surface area contributed by atoms with Gasteiger partial charge in [-0.25, -0.2) is 9.98 Å². The van der Waals surface area contributed by atoms with Crippen molar-refractivity contribution in [2.75, 3.05) is 5.32 Å². The van der Waals surface area contributed by atoms with Crippen LogP contribution in [0.5, 0.6) is 0 Å². The summed E-state index contributed by atoms with van der Waals surface area (Å²) in [5, 5.41) is 5.70. The van der Waals surface area contributed by atoms with Gasteiger partial charge in [-0.2, -0.15) is 0 Å². The van der Waals surface area contributed by atoms with Crippen molar-refractivity contribution in [3.8, 4) is 0 Å². The van der Waals surface area contributed by atoms with Crippen molar-refractivity contribution in [1.82, 2.24) is 5.32 Å². The van der Waals surface area contributed by atoms with E-state index in [1.54, 1.807) is 0 Å². The molecule has 0 saturated carbocycles. The van der Waals surface area contributed by atoms with Gasteiger partial charge in [-0.05, 0) is 12.1 Å². The molecule has 0 unspecified atom stereocenters. The fourth-order valence-corrected chi connectivity index (χ4v) is 1.05. The molecule has 1 aromatic rings. The molecule has 0 atom stereocenters. The van der Waals surface area contributed by atoms with Crippen molar-refractivity contribution in [3.05, 3.63) is 36.6 Å². The highest BCUT2D eigenvalue weighted by atomic mass is 15.3. The third-order valence-electron chi connectivity index (χ3n) is 1.66. The molecule has 0 aliphatic carbocycles. The Morgan fingerprint density at radius 1 is 1.21 bits per heavy atom. The van der Waals surface area contributed by atoms with Gasteiger partial charge in [-0.15, -0.1) is 0 Å². The van der Waals surface area contributed by atoms with Gasteiger partial charge in [0, 0.05) is 5.69 Å². The Kier molecular flexibility index (Phi) is 2.42. The number of aliphatic imine (C=N–C) groups is 2. The van der Waals surface area contributed by atoms with E-state index in [1.165, 1.54) is 6.34 Å². The van der Waals surface area contributed by atoms with E-state index in [-0.39, 0.29) is 0 Å². The molecule has 0 amide bonds. The van der Waals surface area contributed by atoms with Gasteiger partial charge in [-0.1, -0.05) is 18.2 Å². The first-order valence-electron chi connectivity index (χ1n) is 4.17. The third-order valence-corrected chi connectivity index (χ3v) is 1.66. The molecular weight excluding hydrogens is 178 g/mol. The van der Waals surface area contributed by atoms with E-state index in [2.05, 4.69) is 20.6 Å². The molecule has 5 heteroatoms. The SMILES string of the molecule is N[C]1N=C(Nc2ccccc2)N=CN1. The molecule has 1 radical (unpaired) electrons. The zero-order valence-electron chi connectivity index (χ0n) is 7.44. The van der Waals surface area contributed by atoms with Crippen molar-refractivity contribution in [1.29, 1.82) is 0 Å². The van der Waals surface area contributed by atoms with Crippen LogP contribution in [0.15, 0.2) is 40.3 Å². The molecule has 1 heterocycles. The van der Waals surface area contributed by atoms with Gasteiger partial charge in [-0.3, -0.25) is 5.73 Å². The summed E-state index contributed by atoms with van der Waals surface area (Å²) < 4.78 is 0. The molecule has 1 aromatic carbocycles. The summed E-state index contributed by atoms with van der Waals surface area (Å²) in [4.78, 5) is 7.95. The lowest BCUT2D eigenvalue weighted by atomic mass is 10.3. The van der Waals surface area contributed by atoms with E-state index in [0.717, 1.165) is 5.69 Å². The summed E-state index contributed by atoms with van der Waals surface area (Å²) >= 11 is 0. The maximum absolute atomic E-state index is 5.47. The topological polar surface area (TPSA) is 74.8 Å². The van der Waals surface area contributed by atoms with Crippen LogP contribution < -0.4 is 16.4 Å². The molecule has 0 spiro atoms. The van der Waals surface area contributed by atoms with Gasteiger partial charge in [0.2, 0.25) is 12.2 Å². The van der Waals surface area contributed by atoms with Crippen LogP contribution in [-0.4, -0.2) is 12.3 Å². The molecule has 0 fully saturated rings. The fraction of sp³-hybridized carbons (Fsp3) is 0. The van der Waals surface area contributed by atoms with E-state index in [4.69, 9.17) is 5.73 Å². The Bertz CT molecular complexity index is 357. The second-order valence-electron chi connectivity index (χ2n) is 2.71. The standard InChI is InChI=1S/C9H10N5/c10-8-11-6-12-9(14-8)13-7-4-2-1-3-5-7/h1-6H,10H2,(H2,11,12,13,14). The Labute approximate surface area is 81.8 Å². The molecule has 1 aliphatic heterocycles. The smallest absolute Gasteiger partial charge is 0.246 e. The molecule has 1 aliphatic rings. The minimum Gasteiger partial charge on any atom is -0.335 e. The van der Waals surface area contributed by atoms with E-state index < -0.39 is 0 Å². The zero-order valence-corrected chi connectivity index (χ0v) is 7.44. The number of hydrogen-bond acceptors (Lipinski definition) is 5. The molecule has 0 aromatic heterocycles. The largest absolute Gasteiger partial charge is 0.335 e. The van der Waals surface area contributed by atoms with E-state index in [9.17, 15) is 0 Å². The zero-order chi connectivity index (χ0) is 9.80. The van der Waals surface area contributed by atoms with Crippen molar-refractivity contribution in [3.63, 3.8) is 0 Å². The highest BCUT2D eigenvalue weighted by molar-refractivity contribution is 5.99. The Morgan fingerprint density at radius 2 is 2.00 bits per heavy atom. The lowest BCUT2D eigenvalue weighted by Gasteiger charge is -2.12. The summed E-state index contributed by atoms with van der Waals surface area (Å²) in [5.41, 5.74) is 6.39. The molecule has 5 nitrogen and oxygen atoms in total. The molecule has 0 bridgehead atoms. The van der Waals surface area contributed by atoms with Gasteiger partial charge < -0.3 is 10.6 Å². The summed E-state index contributed by atoms with van der Waals surface area (Å²) in [7, 11) is 0. The van der Waals surface area contributed by atoms with Gasteiger partial charge >= 0.3 is 0 Å². The Balaban J connectivity index is 2.08.